The van der Waals surface area contributed by atoms with E-state index in [9.17, 15) is 18.0 Å². The Morgan fingerprint density at radius 2 is 1.83 bits per heavy atom. The maximum Gasteiger partial charge on any atom is 0.416 e. The lowest BCUT2D eigenvalue weighted by Crippen LogP contribution is -2.24. The number of hydrogen-bond donors (Lipinski definition) is 0. The van der Waals surface area contributed by atoms with Crippen LogP contribution in [-0.2, 0) is 18.0 Å². The molecule has 0 aliphatic rings. The second kappa shape index (κ2) is 5.72. The first-order chi connectivity index (χ1) is 10.5. The second-order valence-corrected chi connectivity index (χ2v) is 6.14. The first-order valence-corrected chi connectivity index (χ1v) is 6.91. The molecular formula is C16H17F3N2O2. The summed E-state index contributed by atoms with van der Waals surface area (Å²) in [6.07, 6.45) is -3.09. The maximum absolute atomic E-state index is 13.1. The van der Waals surface area contributed by atoms with Gasteiger partial charge in [-0.2, -0.15) is 18.3 Å². The SMILES string of the molecule is Cn1nccc1-c1cc(C(=O)OC(C)(C)C)cc(C(F)(F)F)c1. The molecular weight excluding hydrogens is 309 g/mol. The summed E-state index contributed by atoms with van der Waals surface area (Å²) < 4.78 is 46.0. The fourth-order valence-electron chi connectivity index (χ4n) is 2.05. The van der Waals surface area contributed by atoms with Crippen molar-refractivity contribution in [2.45, 2.75) is 32.5 Å². The molecule has 0 aliphatic heterocycles. The lowest BCUT2D eigenvalue weighted by atomic mass is 10.0. The Morgan fingerprint density at radius 1 is 1.17 bits per heavy atom. The van der Waals surface area contributed by atoms with Gasteiger partial charge in [0.2, 0.25) is 0 Å². The van der Waals surface area contributed by atoms with Crippen molar-refractivity contribution in [1.82, 2.24) is 9.78 Å². The molecule has 1 aromatic carbocycles. The van der Waals surface area contributed by atoms with Crippen LogP contribution in [0.4, 0.5) is 13.2 Å². The van der Waals surface area contributed by atoms with Gasteiger partial charge in [0.25, 0.3) is 0 Å². The lowest BCUT2D eigenvalue weighted by molar-refractivity contribution is -0.137. The molecule has 2 aromatic rings. The Bertz CT molecular complexity index is 728. The molecule has 0 bridgehead atoms. The van der Waals surface area contributed by atoms with Crippen molar-refractivity contribution < 1.29 is 22.7 Å². The minimum Gasteiger partial charge on any atom is -0.456 e. The van der Waals surface area contributed by atoms with Gasteiger partial charge in [-0.1, -0.05) is 0 Å². The minimum atomic E-state index is -4.56. The highest BCUT2D eigenvalue weighted by Crippen LogP contribution is 2.33. The van der Waals surface area contributed by atoms with E-state index in [1.807, 2.05) is 0 Å². The van der Waals surface area contributed by atoms with Crippen LogP contribution in [0.3, 0.4) is 0 Å². The normalized spacial score (nSPS) is 12.3. The average molecular weight is 326 g/mol. The molecule has 0 saturated heterocycles. The number of ether oxygens (including phenoxy) is 1. The topological polar surface area (TPSA) is 44.1 Å². The van der Waals surface area contributed by atoms with Gasteiger partial charge in [0.1, 0.15) is 5.60 Å². The Hall–Kier alpha value is -2.31. The van der Waals surface area contributed by atoms with E-state index in [1.54, 1.807) is 33.9 Å². The predicted molar refractivity (Wildman–Crippen MR) is 78.8 cm³/mol. The van der Waals surface area contributed by atoms with Crippen LogP contribution < -0.4 is 0 Å². The number of halogens is 3. The van der Waals surface area contributed by atoms with Crippen molar-refractivity contribution in [3.05, 3.63) is 41.6 Å². The molecule has 7 heteroatoms. The highest BCUT2D eigenvalue weighted by molar-refractivity contribution is 5.91. The third kappa shape index (κ3) is 4.12. The van der Waals surface area contributed by atoms with E-state index in [2.05, 4.69) is 5.10 Å². The number of benzene rings is 1. The number of hydrogen-bond acceptors (Lipinski definition) is 3. The second-order valence-electron chi connectivity index (χ2n) is 6.14. The molecule has 0 radical (unpaired) electrons. The molecule has 1 aromatic heterocycles. The number of aromatic nitrogens is 2. The molecule has 2 rings (SSSR count). The summed E-state index contributed by atoms with van der Waals surface area (Å²) >= 11 is 0. The Kier molecular flexibility index (Phi) is 4.24. The number of carbonyl (C=O) groups excluding carboxylic acids is 1. The maximum atomic E-state index is 13.1. The van der Waals surface area contributed by atoms with Gasteiger partial charge in [-0.15, -0.1) is 0 Å². The monoisotopic (exact) mass is 326 g/mol. The molecule has 1 heterocycles. The standard InChI is InChI=1S/C16H17F3N2O2/c1-15(2,3)23-14(22)11-7-10(13-5-6-20-21(13)4)8-12(9-11)16(17,18)19/h5-9H,1-4H3. The first kappa shape index (κ1) is 17.1. The van der Waals surface area contributed by atoms with Gasteiger partial charge < -0.3 is 4.74 Å². The molecule has 0 spiro atoms. The Labute approximate surface area is 131 Å². The first-order valence-electron chi connectivity index (χ1n) is 6.91. The zero-order valence-electron chi connectivity index (χ0n) is 13.2. The molecule has 0 amide bonds. The third-order valence-electron chi connectivity index (χ3n) is 3.01. The smallest absolute Gasteiger partial charge is 0.416 e. The third-order valence-corrected chi connectivity index (χ3v) is 3.01. The van der Waals surface area contributed by atoms with Crippen LogP contribution >= 0.6 is 0 Å². The summed E-state index contributed by atoms with van der Waals surface area (Å²) in [5, 5.41) is 3.94. The predicted octanol–water partition coefficient (Wildman–Crippen LogP) is 4.06. The number of nitrogens with zero attached hydrogens (tertiary/aromatic N) is 2. The molecule has 0 fully saturated rings. The van der Waals surface area contributed by atoms with E-state index >= 15 is 0 Å². The Morgan fingerprint density at radius 3 is 2.30 bits per heavy atom. The van der Waals surface area contributed by atoms with Gasteiger partial charge in [0.05, 0.1) is 16.8 Å². The number of carbonyl (C=O) groups is 1. The van der Waals surface area contributed by atoms with E-state index < -0.39 is 23.3 Å². The molecule has 124 valence electrons. The molecule has 0 saturated carbocycles. The molecule has 0 aliphatic carbocycles. The van der Waals surface area contributed by atoms with Crippen molar-refractivity contribution in [3.8, 4) is 11.3 Å². The summed E-state index contributed by atoms with van der Waals surface area (Å²) in [5.74, 6) is -0.799. The molecule has 0 atom stereocenters. The van der Waals surface area contributed by atoms with Gasteiger partial charge in [-0.3, -0.25) is 4.68 Å². The van der Waals surface area contributed by atoms with Crippen LogP contribution in [-0.4, -0.2) is 21.4 Å². The van der Waals surface area contributed by atoms with E-state index in [-0.39, 0.29) is 11.1 Å². The van der Waals surface area contributed by atoms with Gasteiger partial charge >= 0.3 is 12.1 Å². The zero-order valence-corrected chi connectivity index (χ0v) is 13.2. The lowest BCUT2D eigenvalue weighted by Gasteiger charge is -2.20. The van der Waals surface area contributed by atoms with E-state index in [1.165, 1.54) is 16.9 Å². The van der Waals surface area contributed by atoms with Crippen LogP contribution in [0, 0.1) is 0 Å². The highest BCUT2D eigenvalue weighted by Gasteiger charge is 2.32. The van der Waals surface area contributed by atoms with E-state index in [4.69, 9.17) is 4.74 Å². The fourth-order valence-corrected chi connectivity index (χ4v) is 2.05. The van der Waals surface area contributed by atoms with Crippen LogP contribution in [0.25, 0.3) is 11.3 Å². The van der Waals surface area contributed by atoms with Crippen molar-refractivity contribution in [1.29, 1.82) is 0 Å². The average Bonchev–Trinajstić information content (AvgIpc) is 2.81. The summed E-state index contributed by atoms with van der Waals surface area (Å²) in [5.41, 5.74) is -1.12. The van der Waals surface area contributed by atoms with Crippen molar-refractivity contribution in [2.75, 3.05) is 0 Å². The van der Waals surface area contributed by atoms with Crippen molar-refractivity contribution in [3.63, 3.8) is 0 Å². The fraction of sp³-hybridized carbons (Fsp3) is 0.375. The number of esters is 1. The summed E-state index contributed by atoms with van der Waals surface area (Å²) in [7, 11) is 1.61. The van der Waals surface area contributed by atoms with Crippen LogP contribution in [0.1, 0.15) is 36.7 Å². The number of aryl methyl sites for hydroxylation is 1. The van der Waals surface area contributed by atoms with Crippen molar-refractivity contribution in [2.24, 2.45) is 7.05 Å². The quantitative estimate of drug-likeness (QED) is 0.782. The summed E-state index contributed by atoms with van der Waals surface area (Å²) in [6.45, 7) is 4.96. The summed E-state index contributed by atoms with van der Waals surface area (Å²) in [4.78, 5) is 12.1. The minimum absolute atomic E-state index is 0.147. The summed E-state index contributed by atoms with van der Waals surface area (Å²) in [6, 6.07) is 4.74. The van der Waals surface area contributed by atoms with E-state index in [0.29, 0.717) is 5.69 Å². The van der Waals surface area contributed by atoms with Gasteiger partial charge in [-0.05, 0) is 45.0 Å². The van der Waals surface area contributed by atoms with Gasteiger partial charge in [-0.25, -0.2) is 4.79 Å². The number of rotatable bonds is 2. The van der Waals surface area contributed by atoms with Gasteiger partial charge in [0.15, 0.2) is 0 Å². The van der Waals surface area contributed by atoms with Gasteiger partial charge in [0, 0.05) is 18.8 Å². The van der Waals surface area contributed by atoms with E-state index in [0.717, 1.165) is 12.1 Å². The van der Waals surface area contributed by atoms with Crippen LogP contribution in [0.2, 0.25) is 0 Å². The van der Waals surface area contributed by atoms with Crippen LogP contribution in [0.5, 0.6) is 0 Å². The molecule has 0 unspecified atom stereocenters. The molecule has 4 nitrogen and oxygen atoms in total. The van der Waals surface area contributed by atoms with Crippen molar-refractivity contribution >= 4 is 5.97 Å². The highest BCUT2D eigenvalue weighted by atomic mass is 19.4. The molecule has 0 N–H and O–H groups in total. The number of alkyl halides is 3. The zero-order chi connectivity index (χ0) is 17.4. The largest absolute Gasteiger partial charge is 0.456 e. The Balaban J connectivity index is 2.55. The molecule has 23 heavy (non-hydrogen) atoms. The van der Waals surface area contributed by atoms with Crippen LogP contribution in [0.15, 0.2) is 30.5 Å².